The van der Waals surface area contributed by atoms with Crippen LogP contribution in [0.25, 0.3) is 0 Å². The molecule has 1 aromatic rings. The van der Waals surface area contributed by atoms with Crippen molar-refractivity contribution in [2.45, 2.75) is 20.3 Å². The van der Waals surface area contributed by atoms with Crippen molar-refractivity contribution in [1.29, 1.82) is 0 Å². The van der Waals surface area contributed by atoms with Gasteiger partial charge in [-0.3, -0.25) is 0 Å². The van der Waals surface area contributed by atoms with Gasteiger partial charge in [-0.05, 0) is 25.5 Å². The summed E-state index contributed by atoms with van der Waals surface area (Å²) < 4.78 is 0. The second-order valence-corrected chi connectivity index (χ2v) is 3.30. The fraction of sp³-hybridized carbons (Fsp3) is 0.500. The van der Waals surface area contributed by atoms with E-state index in [2.05, 4.69) is 23.7 Å². The second kappa shape index (κ2) is 5.07. The summed E-state index contributed by atoms with van der Waals surface area (Å²) in [6.07, 6.45) is 2.89. The summed E-state index contributed by atoms with van der Waals surface area (Å²) in [4.78, 5) is 6.24. The van der Waals surface area contributed by atoms with Gasteiger partial charge < -0.3 is 4.90 Å². The van der Waals surface area contributed by atoms with Gasteiger partial charge in [0.1, 0.15) is 5.15 Å². The monoisotopic (exact) mass is 198 g/mol. The summed E-state index contributed by atoms with van der Waals surface area (Å²) in [5, 5.41) is 0.562. The third kappa shape index (κ3) is 2.88. The van der Waals surface area contributed by atoms with Crippen molar-refractivity contribution in [3.05, 3.63) is 23.5 Å². The Morgan fingerprint density at radius 1 is 1.46 bits per heavy atom. The minimum absolute atomic E-state index is 0.562. The van der Waals surface area contributed by atoms with E-state index in [0.29, 0.717) is 5.15 Å². The summed E-state index contributed by atoms with van der Waals surface area (Å²) in [6.45, 7) is 6.39. The molecule has 2 nitrogen and oxygen atoms in total. The third-order valence-corrected chi connectivity index (χ3v) is 2.16. The van der Waals surface area contributed by atoms with E-state index >= 15 is 0 Å². The Morgan fingerprint density at radius 3 is 2.77 bits per heavy atom. The largest absolute Gasteiger partial charge is 0.372 e. The fourth-order valence-electron chi connectivity index (χ4n) is 1.33. The molecule has 72 valence electrons. The first kappa shape index (κ1) is 10.3. The van der Waals surface area contributed by atoms with Gasteiger partial charge in [0.25, 0.3) is 0 Å². The molecule has 0 N–H and O–H groups in total. The van der Waals surface area contributed by atoms with Crippen LogP contribution in [0.3, 0.4) is 0 Å². The Kier molecular flexibility index (Phi) is 4.03. The fourth-order valence-corrected chi connectivity index (χ4v) is 1.50. The second-order valence-electron chi connectivity index (χ2n) is 2.92. The molecule has 0 unspecified atom stereocenters. The molecule has 0 aromatic carbocycles. The molecule has 13 heavy (non-hydrogen) atoms. The molecule has 0 saturated heterocycles. The summed E-state index contributed by atoms with van der Waals surface area (Å²) in [7, 11) is 0. The molecule has 0 amide bonds. The predicted molar refractivity (Wildman–Crippen MR) is 57.4 cm³/mol. The topological polar surface area (TPSA) is 16.1 Å². The first-order chi connectivity index (χ1) is 6.27. The van der Waals surface area contributed by atoms with E-state index in [4.69, 9.17) is 11.6 Å². The number of rotatable bonds is 4. The van der Waals surface area contributed by atoms with Crippen molar-refractivity contribution in [3.63, 3.8) is 0 Å². The molecule has 3 heteroatoms. The van der Waals surface area contributed by atoms with Gasteiger partial charge in [0, 0.05) is 25.0 Å². The normalized spacial score (nSPS) is 10.1. The van der Waals surface area contributed by atoms with Crippen LogP contribution in [0.15, 0.2) is 18.3 Å². The lowest BCUT2D eigenvalue weighted by molar-refractivity contribution is 0.791. The SMILES string of the molecule is CCCN(CC)c1ccnc(Cl)c1. The highest BCUT2D eigenvalue weighted by Crippen LogP contribution is 2.16. The van der Waals surface area contributed by atoms with E-state index in [1.54, 1.807) is 6.20 Å². The average molecular weight is 199 g/mol. The highest BCUT2D eigenvalue weighted by Gasteiger charge is 2.02. The summed E-state index contributed by atoms with van der Waals surface area (Å²) >= 11 is 5.81. The maximum Gasteiger partial charge on any atom is 0.131 e. The van der Waals surface area contributed by atoms with E-state index in [1.807, 2.05) is 12.1 Å². The molecule has 0 spiro atoms. The predicted octanol–water partition coefficient (Wildman–Crippen LogP) is 2.97. The number of hydrogen-bond donors (Lipinski definition) is 0. The van der Waals surface area contributed by atoms with Gasteiger partial charge >= 0.3 is 0 Å². The zero-order valence-corrected chi connectivity index (χ0v) is 8.88. The highest BCUT2D eigenvalue weighted by molar-refractivity contribution is 6.29. The molecule has 0 saturated carbocycles. The van der Waals surface area contributed by atoms with E-state index in [1.165, 1.54) is 0 Å². The maximum absolute atomic E-state index is 5.81. The van der Waals surface area contributed by atoms with Gasteiger partial charge in [-0.1, -0.05) is 18.5 Å². The lowest BCUT2D eigenvalue weighted by atomic mass is 10.3. The van der Waals surface area contributed by atoms with Crippen molar-refractivity contribution in [1.82, 2.24) is 4.98 Å². The molecule has 1 aromatic heterocycles. The zero-order chi connectivity index (χ0) is 9.68. The Balaban J connectivity index is 2.78. The molecular formula is C10H15ClN2. The van der Waals surface area contributed by atoms with Crippen LogP contribution in [-0.2, 0) is 0 Å². The number of pyridine rings is 1. The molecule has 1 rings (SSSR count). The smallest absolute Gasteiger partial charge is 0.131 e. The van der Waals surface area contributed by atoms with E-state index in [0.717, 1.165) is 25.2 Å². The number of anilines is 1. The third-order valence-electron chi connectivity index (χ3n) is 1.95. The number of nitrogens with zero attached hydrogens (tertiary/aromatic N) is 2. The quantitative estimate of drug-likeness (QED) is 0.692. The zero-order valence-electron chi connectivity index (χ0n) is 8.13. The lowest BCUT2D eigenvalue weighted by Crippen LogP contribution is -2.23. The van der Waals surface area contributed by atoms with Crippen molar-refractivity contribution in [3.8, 4) is 0 Å². The van der Waals surface area contributed by atoms with Crippen molar-refractivity contribution < 1.29 is 0 Å². The van der Waals surface area contributed by atoms with Gasteiger partial charge in [0.2, 0.25) is 0 Å². The molecule has 0 aliphatic carbocycles. The van der Waals surface area contributed by atoms with Crippen molar-refractivity contribution in [2.24, 2.45) is 0 Å². The van der Waals surface area contributed by atoms with Crippen LogP contribution < -0.4 is 4.90 Å². The number of aromatic nitrogens is 1. The molecule has 0 fully saturated rings. The Bertz CT molecular complexity index is 263. The standard InChI is InChI=1S/C10H15ClN2/c1-3-7-13(4-2)9-5-6-12-10(11)8-9/h5-6,8H,3-4,7H2,1-2H3. The minimum atomic E-state index is 0.562. The van der Waals surface area contributed by atoms with Crippen LogP contribution in [0, 0.1) is 0 Å². The molecule has 1 heterocycles. The minimum Gasteiger partial charge on any atom is -0.372 e. The number of hydrogen-bond acceptors (Lipinski definition) is 2. The molecular weight excluding hydrogens is 184 g/mol. The Labute approximate surface area is 84.5 Å². The molecule has 0 aliphatic heterocycles. The molecule has 0 aliphatic rings. The van der Waals surface area contributed by atoms with Crippen molar-refractivity contribution in [2.75, 3.05) is 18.0 Å². The number of halogens is 1. The van der Waals surface area contributed by atoms with Gasteiger partial charge in [-0.15, -0.1) is 0 Å². The van der Waals surface area contributed by atoms with Gasteiger partial charge in [-0.25, -0.2) is 4.98 Å². The molecule has 0 radical (unpaired) electrons. The van der Waals surface area contributed by atoms with E-state index in [9.17, 15) is 0 Å². The highest BCUT2D eigenvalue weighted by atomic mass is 35.5. The van der Waals surface area contributed by atoms with Crippen LogP contribution in [0.2, 0.25) is 5.15 Å². The van der Waals surface area contributed by atoms with Crippen molar-refractivity contribution >= 4 is 17.3 Å². The van der Waals surface area contributed by atoms with E-state index in [-0.39, 0.29) is 0 Å². The lowest BCUT2D eigenvalue weighted by Gasteiger charge is -2.22. The first-order valence-electron chi connectivity index (χ1n) is 4.64. The van der Waals surface area contributed by atoms with Crippen LogP contribution in [0.4, 0.5) is 5.69 Å². The first-order valence-corrected chi connectivity index (χ1v) is 5.02. The molecule has 0 bridgehead atoms. The van der Waals surface area contributed by atoms with Crippen LogP contribution in [0.5, 0.6) is 0 Å². The summed E-state index contributed by atoms with van der Waals surface area (Å²) in [5.41, 5.74) is 1.16. The maximum atomic E-state index is 5.81. The van der Waals surface area contributed by atoms with Gasteiger partial charge in [0.15, 0.2) is 0 Å². The van der Waals surface area contributed by atoms with E-state index < -0.39 is 0 Å². The Morgan fingerprint density at radius 2 is 2.23 bits per heavy atom. The summed E-state index contributed by atoms with van der Waals surface area (Å²) in [5.74, 6) is 0. The van der Waals surface area contributed by atoms with Gasteiger partial charge in [0.05, 0.1) is 0 Å². The Hall–Kier alpha value is -0.760. The summed E-state index contributed by atoms with van der Waals surface area (Å²) in [6, 6.07) is 3.89. The van der Waals surface area contributed by atoms with Crippen LogP contribution in [0.1, 0.15) is 20.3 Å². The van der Waals surface area contributed by atoms with Crippen LogP contribution >= 0.6 is 11.6 Å². The molecule has 0 atom stereocenters. The average Bonchev–Trinajstić information content (AvgIpc) is 2.14. The van der Waals surface area contributed by atoms with Crippen LogP contribution in [-0.4, -0.2) is 18.1 Å². The van der Waals surface area contributed by atoms with Gasteiger partial charge in [-0.2, -0.15) is 0 Å².